The Balaban J connectivity index is 1.92. The second-order valence-electron chi connectivity index (χ2n) is 4.55. The maximum absolute atomic E-state index is 12.1. The Bertz CT molecular complexity index is 590. The first kappa shape index (κ1) is 15.3. The highest BCUT2D eigenvalue weighted by atomic mass is 35.5. The van der Waals surface area contributed by atoms with Gasteiger partial charge >= 0.3 is 0 Å². The van der Waals surface area contributed by atoms with Gasteiger partial charge in [-0.15, -0.1) is 0 Å². The summed E-state index contributed by atoms with van der Waals surface area (Å²) < 4.78 is 5.68. The van der Waals surface area contributed by atoms with Crippen LogP contribution in [0.25, 0.3) is 0 Å². The Hall–Kier alpha value is -2.07. The van der Waals surface area contributed by atoms with Crippen LogP contribution in [0, 0.1) is 0 Å². The number of ether oxygens (including phenoxy) is 1. The smallest absolute Gasteiger partial charge is 0.261 e. The van der Waals surface area contributed by atoms with E-state index in [4.69, 9.17) is 16.3 Å². The molecule has 1 N–H and O–H groups in total. The van der Waals surface area contributed by atoms with E-state index in [9.17, 15) is 4.79 Å². The quantitative estimate of drug-likeness (QED) is 0.891. The van der Waals surface area contributed by atoms with Crippen LogP contribution in [-0.2, 0) is 11.3 Å². The number of aromatic nitrogens is 1. The molecule has 1 aromatic carbocycles. The maximum atomic E-state index is 12.1. The standard InChI is InChI=1S/C16H17ClN2O2/c1-2-15(21-14-7-3-6-13(17)9-14)16(20)19-11-12-5-4-8-18-10-12/h3-10,15H,2,11H2,1H3,(H,19,20)/t15-/m0/s1. The minimum atomic E-state index is -0.542. The summed E-state index contributed by atoms with van der Waals surface area (Å²) >= 11 is 5.90. The first-order valence-electron chi connectivity index (χ1n) is 6.78. The van der Waals surface area contributed by atoms with Gasteiger partial charge in [-0.05, 0) is 36.2 Å². The number of rotatable bonds is 6. The Morgan fingerprint density at radius 2 is 2.24 bits per heavy atom. The van der Waals surface area contributed by atoms with Crippen LogP contribution in [0.3, 0.4) is 0 Å². The number of carbonyl (C=O) groups is 1. The molecule has 2 aromatic rings. The molecule has 4 nitrogen and oxygen atoms in total. The molecule has 0 aliphatic heterocycles. The van der Waals surface area contributed by atoms with Gasteiger partial charge in [0.1, 0.15) is 5.75 Å². The number of amides is 1. The zero-order valence-corrected chi connectivity index (χ0v) is 12.5. The average Bonchev–Trinajstić information content (AvgIpc) is 2.51. The molecule has 0 aliphatic rings. The second-order valence-corrected chi connectivity index (χ2v) is 4.99. The molecular formula is C16H17ClN2O2. The molecule has 1 aromatic heterocycles. The van der Waals surface area contributed by atoms with E-state index in [1.165, 1.54) is 0 Å². The van der Waals surface area contributed by atoms with E-state index in [1.807, 2.05) is 19.1 Å². The van der Waals surface area contributed by atoms with Gasteiger partial charge in [0.25, 0.3) is 5.91 Å². The van der Waals surface area contributed by atoms with Crippen molar-refractivity contribution in [3.05, 3.63) is 59.4 Å². The van der Waals surface area contributed by atoms with Crippen molar-refractivity contribution < 1.29 is 9.53 Å². The Morgan fingerprint density at radius 3 is 2.90 bits per heavy atom. The fourth-order valence-corrected chi connectivity index (χ4v) is 2.01. The van der Waals surface area contributed by atoms with Crippen molar-refractivity contribution >= 4 is 17.5 Å². The molecule has 0 saturated heterocycles. The van der Waals surface area contributed by atoms with Crippen molar-refractivity contribution in [2.75, 3.05) is 0 Å². The molecule has 1 heterocycles. The minimum absolute atomic E-state index is 0.152. The van der Waals surface area contributed by atoms with Crippen LogP contribution < -0.4 is 10.1 Å². The molecule has 1 amide bonds. The van der Waals surface area contributed by atoms with Crippen molar-refractivity contribution in [1.82, 2.24) is 10.3 Å². The third-order valence-electron chi connectivity index (χ3n) is 2.93. The minimum Gasteiger partial charge on any atom is -0.481 e. The number of carbonyl (C=O) groups excluding carboxylic acids is 1. The van der Waals surface area contributed by atoms with Crippen molar-refractivity contribution in [3.63, 3.8) is 0 Å². The molecule has 0 aliphatic carbocycles. The van der Waals surface area contributed by atoms with E-state index in [-0.39, 0.29) is 5.91 Å². The number of nitrogens with one attached hydrogen (secondary N) is 1. The van der Waals surface area contributed by atoms with Crippen LogP contribution in [0.1, 0.15) is 18.9 Å². The Morgan fingerprint density at radius 1 is 1.38 bits per heavy atom. The van der Waals surface area contributed by atoms with E-state index in [0.717, 1.165) is 5.56 Å². The molecular weight excluding hydrogens is 288 g/mol. The normalized spacial score (nSPS) is 11.7. The van der Waals surface area contributed by atoms with Crippen LogP contribution in [0.15, 0.2) is 48.8 Å². The summed E-state index contributed by atoms with van der Waals surface area (Å²) in [6, 6.07) is 10.8. The van der Waals surface area contributed by atoms with Gasteiger partial charge in [0, 0.05) is 24.0 Å². The van der Waals surface area contributed by atoms with Gasteiger partial charge in [-0.1, -0.05) is 30.7 Å². The predicted octanol–water partition coefficient (Wildman–Crippen LogP) is 3.21. The van der Waals surface area contributed by atoms with Crippen LogP contribution in [0.2, 0.25) is 5.02 Å². The number of pyridine rings is 1. The SMILES string of the molecule is CC[C@H](Oc1cccc(Cl)c1)C(=O)NCc1cccnc1. The molecule has 0 spiro atoms. The zero-order chi connectivity index (χ0) is 15.1. The summed E-state index contributed by atoms with van der Waals surface area (Å²) in [5.41, 5.74) is 0.948. The average molecular weight is 305 g/mol. The lowest BCUT2D eigenvalue weighted by Crippen LogP contribution is -2.37. The van der Waals surface area contributed by atoms with Crippen LogP contribution >= 0.6 is 11.6 Å². The monoisotopic (exact) mass is 304 g/mol. The molecule has 1 atom stereocenters. The molecule has 0 bridgehead atoms. The molecule has 2 rings (SSSR count). The number of halogens is 1. The van der Waals surface area contributed by atoms with Gasteiger partial charge in [-0.2, -0.15) is 0 Å². The largest absolute Gasteiger partial charge is 0.481 e. The summed E-state index contributed by atoms with van der Waals surface area (Å²) in [6.45, 7) is 2.33. The van der Waals surface area contributed by atoms with Gasteiger partial charge in [-0.25, -0.2) is 0 Å². The maximum Gasteiger partial charge on any atom is 0.261 e. The van der Waals surface area contributed by atoms with Gasteiger partial charge in [-0.3, -0.25) is 9.78 Å². The highest BCUT2D eigenvalue weighted by Crippen LogP contribution is 2.19. The second kappa shape index (κ2) is 7.64. The molecule has 0 unspecified atom stereocenters. The van der Waals surface area contributed by atoms with Crippen LogP contribution in [0.5, 0.6) is 5.75 Å². The first-order chi connectivity index (χ1) is 10.2. The summed E-state index contributed by atoms with van der Waals surface area (Å²) in [6.07, 6.45) is 3.45. The summed E-state index contributed by atoms with van der Waals surface area (Å²) in [5, 5.41) is 3.43. The highest BCUT2D eigenvalue weighted by molar-refractivity contribution is 6.30. The fourth-order valence-electron chi connectivity index (χ4n) is 1.83. The lowest BCUT2D eigenvalue weighted by molar-refractivity contribution is -0.128. The molecule has 0 radical (unpaired) electrons. The first-order valence-corrected chi connectivity index (χ1v) is 7.15. The van der Waals surface area contributed by atoms with Crippen molar-refractivity contribution in [3.8, 4) is 5.75 Å². The van der Waals surface area contributed by atoms with E-state index in [2.05, 4.69) is 10.3 Å². The third kappa shape index (κ3) is 4.76. The Kier molecular flexibility index (Phi) is 5.58. The van der Waals surface area contributed by atoms with Crippen LogP contribution in [0.4, 0.5) is 0 Å². The van der Waals surface area contributed by atoms with Gasteiger partial charge < -0.3 is 10.1 Å². The third-order valence-corrected chi connectivity index (χ3v) is 3.16. The van der Waals surface area contributed by atoms with E-state index in [1.54, 1.807) is 36.7 Å². The number of nitrogens with zero attached hydrogens (tertiary/aromatic N) is 1. The van der Waals surface area contributed by atoms with E-state index in [0.29, 0.717) is 23.7 Å². The fraction of sp³-hybridized carbons (Fsp3) is 0.250. The van der Waals surface area contributed by atoms with Gasteiger partial charge in [0.15, 0.2) is 6.10 Å². The predicted molar refractivity (Wildman–Crippen MR) is 82.2 cm³/mol. The number of benzene rings is 1. The summed E-state index contributed by atoms with van der Waals surface area (Å²) in [4.78, 5) is 16.2. The molecule has 110 valence electrons. The topological polar surface area (TPSA) is 51.2 Å². The van der Waals surface area contributed by atoms with Crippen LogP contribution in [-0.4, -0.2) is 17.0 Å². The molecule has 0 saturated carbocycles. The lowest BCUT2D eigenvalue weighted by atomic mass is 10.2. The highest BCUT2D eigenvalue weighted by Gasteiger charge is 2.18. The van der Waals surface area contributed by atoms with E-state index >= 15 is 0 Å². The number of hydrogen-bond acceptors (Lipinski definition) is 3. The van der Waals surface area contributed by atoms with Crippen molar-refractivity contribution in [2.45, 2.75) is 26.0 Å². The molecule has 21 heavy (non-hydrogen) atoms. The van der Waals surface area contributed by atoms with Gasteiger partial charge in [0.2, 0.25) is 0 Å². The zero-order valence-electron chi connectivity index (χ0n) is 11.8. The number of hydrogen-bond donors (Lipinski definition) is 1. The summed E-state index contributed by atoms with van der Waals surface area (Å²) in [7, 11) is 0. The molecule has 5 heteroatoms. The Labute approximate surface area is 129 Å². The lowest BCUT2D eigenvalue weighted by Gasteiger charge is -2.17. The van der Waals surface area contributed by atoms with Crippen molar-refractivity contribution in [2.24, 2.45) is 0 Å². The van der Waals surface area contributed by atoms with Gasteiger partial charge in [0.05, 0.1) is 0 Å². The summed E-state index contributed by atoms with van der Waals surface area (Å²) in [5.74, 6) is 0.437. The van der Waals surface area contributed by atoms with E-state index < -0.39 is 6.10 Å². The van der Waals surface area contributed by atoms with Crippen molar-refractivity contribution in [1.29, 1.82) is 0 Å². The molecule has 0 fully saturated rings.